The minimum absolute atomic E-state index is 0.0872. The number of ether oxygens (including phenoxy) is 2. The summed E-state index contributed by atoms with van der Waals surface area (Å²) in [5.74, 6) is -0.924. The fourth-order valence-electron chi connectivity index (χ4n) is 4.85. The topological polar surface area (TPSA) is 89.9 Å². The minimum atomic E-state index is -0.824. The van der Waals surface area contributed by atoms with Crippen LogP contribution in [-0.2, 0) is 23.9 Å². The third-order valence-electron chi connectivity index (χ3n) is 6.50. The Morgan fingerprint density at radius 2 is 1.56 bits per heavy atom. The van der Waals surface area contributed by atoms with Gasteiger partial charge < -0.3 is 14.6 Å². The molecule has 0 aromatic rings. The first-order chi connectivity index (χ1) is 16.3. The van der Waals surface area contributed by atoms with Gasteiger partial charge in [-0.1, -0.05) is 70.1 Å². The number of rotatable bonds is 17. The van der Waals surface area contributed by atoms with E-state index in [0.29, 0.717) is 12.8 Å². The van der Waals surface area contributed by atoms with Gasteiger partial charge in [0.05, 0.1) is 0 Å². The maximum absolute atomic E-state index is 11.7. The Bertz CT molecular complexity index is 653. The summed E-state index contributed by atoms with van der Waals surface area (Å²) in [6.07, 6.45) is 21.1. The highest BCUT2D eigenvalue weighted by Gasteiger charge is 2.32. The molecule has 1 rings (SSSR count). The van der Waals surface area contributed by atoms with Crippen molar-refractivity contribution in [2.45, 2.75) is 123 Å². The number of aliphatic carboxylic acids is 1. The van der Waals surface area contributed by atoms with Crippen molar-refractivity contribution in [3.05, 3.63) is 24.3 Å². The van der Waals surface area contributed by atoms with Crippen LogP contribution in [-0.4, -0.2) is 35.2 Å². The van der Waals surface area contributed by atoms with E-state index in [1.165, 1.54) is 39.5 Å². The van der Waals surface area contributed by atoms with Crippen LogP contribution in [0, 0.1) is 11.8 Å². The summed E-state index contributed by atoms with van der Waals surface area (Å²) in [7, 11) is 0. The molecule has 1 aliphatic carbocycles. The van der Waals surface area contributed by atoms with Gasteiger partial charge in [0.25, 0.3) is 0 Å². The zero-order chi connectivity index (χ0) is 25.2. The second-order valence-electron chi connectivity index (χ2n) is 9.52. The highest BCUT2D eigenvalue weighted by Crippen LogP contribution is 2.36. The summed E-state index contributed by atoms with van der Waals surface area (Å²) in [4.78, 5) is 34.1. The molecule has 194 valence electrons. The maximum atomic E-state index is 11.7. The van der Waals surface area contributed by atoms with Crippen molar-refractivity contribution < 1.29 is 29.0 Å². The van der Waals surface area contributed by atoms with Gasteiger partial charge in [-0.25, -0.2) is 0 Å². The lowest BCUT2D eigenvalue weighted by atomic mass is 9.75. The second kappa shape index (κ2) is 18.2. The molecule has 0 aromatic heterocycles. The molecule has 2 unspecified atom stereocenters. The van der Waals surface area contributed by atoms with E-state index < -0.39 is 5.97 Å². The van der Waals surface area contributed by atoms with E-state index >= 15 is 0 Å². The summed E-state index contributed by atoms with van der Waals surface area (Å²) in [6.45, 7) is 5.07. The van der Waals surface area contributed by atoms with Gasteiger partial charge in [0, 0.05) is 26.2 Å². The largest absolute Gasteiger partial charge is 0.481 e. The highest BCUT2D eigenvalue weighted by atomic mass is 16.5. The molecule has 1 saturated carbocycles. The fraction of sp³-hybridized carbons (Fsp3) is 0.750. The molecule has 0 aromatic carbocycles. The Morgan fingerprint density at radius 1 is 0.882 bits per heavy atom. The SMILES string of the molecule is CCCCCCCCC(C=CC=C[C@H]1CCCC[C@H]1C(CCCC(=O)O)OC(C)=O)OC(C)=O. The van der Waals surface area contributed by atoms with Crippen LogP contribution >= 0.6 is 0 Å². The molecule has 0 bridgehead atoms. The van der Waals surface area contributed by atoms with Gasteiger partial charge in [0.15, 0.2) is 0 Å². The van der Waals surface area contributed by atoms with Crippen molar-refractivity contribution in [1.29, 1.82) is 0 Å². The van der Waals surface area contributed by atoms with Gasteiger partial charge in [-0.15, -0.1) is 0 Å². The predicted molar refractivity (Wildman–Crippen MR) is 134 cm³/mol. The first-order valence-corrected chi connectivity index (χ1v) is 13.2. The standard InChI is InChI=1S/C28H46O6/c1-4-5-6-7-8-9-17-25(33-22(2)29)18-12-10-15-24-16-11-13-19-26(24)27(34-23(3)30)20-14-21-28(31)32/h10,12,15,18,24-27H,4-9,11,13-14,16-17,19-21H2,1-3H3,(H,31,32)/t24-,25?,26+,27?/m0/s1. The van der Waals surface area contributed by atoms with Crippen LogP contribution in [0.2, 0.25) is 0 Å². The Morgan fingerprint density at radius 3 is 2.24 bits per heavy atom. The maximum Gasteiger partial charge on any atom is 0.303 e. The molecular formula is C28H46O6. The van der Waals surface area contributed by atoms with Crippen molar-refractivity contribution in [1.82, 2.24) is 0 Å². The van der Waals surface area contributed by atoms with E-state index in [4.69, 9.17) is 14.6 Å². The van der Waals surface area contributed by atoms with Crippen LogP contribution in [0.5, 0.6) is 0 Å². The first-order valence-electron chi connectivity index (χ1n) is 13.2. The van der Waals surface area contributed by atoms with Crippen LogP contribution in [0.3, 0.4) is 0 Å². The number of carboxylic acids is 1. The summed E-state index contributed by atoms with van der Waals surface area (Å²) >= 11 is 0. The molecule has 0 radical (unpaired) electrons. The van der Waals surface area contributed by atoms with Crippen molar-refractivity contribution in [2.75, 3.05) is 0 Å². The van der Waals surface area contributed by atoms with Crippen LogP contribution in [0.25, 0.3) is 0 Å². The van der Waals surface area contributed by atoms with Gasteiger partial charge in [-0.3, -0.25) is 14.4 Å². The quantitative estimate of drug-likeness (QED) is 0.141. The molecule has 6 heteroatoms. The Kier molecular flexibility index (Phi) is 16.1. The van der Waals surface area contributed by atoms with Gasteiger partial charge >= 0.3 is 17.9 Å². The van der Waals surface area contributed by atoms with Gasteiger partial charge in [0.1, 0.15) is 12.2 Å². The summed E-state index contributed by atoms with van der Waals surface area (Å²) in [5.41, 5.74) is 0. The van der Waals surface area contributed by atoms with E-state index in [1.807, 2.05) is 18.2 Å². The second-order valence-corrected chi connectivity index (χ2v) is 9.52. The lowest BCUT2D eigenvalue weighted by molar-refractivity contribution is -0.151. The molecule has 0 aliphatic heterocycles. The van der Waals surface area contributed by atoms with E-state index in [0.717, 1.165) is 44.9 Å². The molecular weight excluding hydrogens is 432 g/mol. The molecule has 34 heavy (non-hydrogen) atoms. The molecule has 4 atom stereocenters. The predicted octanol–water partition coefficient (Wildman–Crippen LogP) is 6.77. The lowest BCUT2D eigenvalue weighted by Crippen LogP contribution is -2.33. The van der Waals surface area contributed by atoms with E-state index in [2.05, 4.69) is 13.0 Å². The highest BCUT2D eigenvalue weighted by molar-refractivity contribution is 5.67. The molecule has 0 saturated heterocycles. The normalized spacial score (nSPS) is 20.3. The number of hydrogen-bond donors (Lipinski definition) is 1. The molecule has 6 nitrogen and oxygen atoms in total. The monoisotopic (exact) mass is 478 g/mol. The minimum Gasteiger partial charge on any atom is -0.481 e. The van der Waals surface area contributed by atoms with E-state index in [-0.39, 0.29) is 42.4 Å². The average molecular weight is 479 g/mol. The Hall–Kier alpha value is -2.11. The number of allylic oxidation sites excluding steroid dienone is 3. The Labute approximate surface area is 206 Å². The van der Waals surface area contributed by atoms with E-state index in [9.17, 15) is 14.4 Å². The number of carbonyl (C=O) groups excluding carboxylic acids is 2. The smallest absolute Gasteiger partial charge is 0.303 e. The third-order valence-corrected chi connectivity index (χ3v) is 6.50. The number of unbranched alkanes of at least 4 members (excludes halogenated alkanes) is 5. The van der Waals surface area contributed by atoms with Crippen molar-refractivity contribution in [3.8, 4) is 0 Å². The average Bonchev–Trinajstić information content (AvgIpc) is 2.77. The van der Waals surface area contributed by atoms with E-state index in [1.54, 1.807) is 0 Å². The van der Waals surface area contributed by atoms with Gasteiger partial charge in [0.2, 0.25) is 0 Å². The zero-order valence-corrected chi connectivity index (χ0v) is 21.5. The lowest BCUT2D eigenvalue weighted by Gasteiger charge is -2.35. The number of carbonyl (C=O) groups is 3. The molecule has 0 amide bonds. The molecule has 1 fully saturated rings. The number of hydrogen-bond acceptors (Lipinski definition) is 5. The zero-order valence-electron chi connectivity index (χ0n) is 21.5. The Balaban J connectivity index is 2.69. The summed E-state index contributed by atoms with van der Waals surface area (Å²) in [5, 5.41) is 8.96. The van der Waals surface area contributed by atoms with Gasteiger partial charge in [-0.05, 0) is 50.5 Å². The fourth-order valence-corrected chi connectivity index (χ4v) is 4.85. The summed E-state index contributed by atoms with van der Waals surface area (Å²) in [6, 6.07) is 0. The first kappa shape index (κ1) is 29.9. The molecule has 0 heterocycles. The molecule has 1 N–H and O–H groups in total. The molecule has 1 aliphatic rings. The number of carboxylic acid groups (broad SMARTS) is 1. The molecule has 0 spiro atoms. The van der Waals surface area contributed by atoms with Crippen LogP contribution in [0.15, 0.2) is 24.3 Å². The number of esters is 2. The van der Waals surface area contributed by atoms with Crippen LogP contribution in [0.1, 0.15) is 111 Å². The summed E-state index contributed by atoms with van der Waals surface area (Å²) < 4.78 is 11.1. The van der Waals surface area contributed by atoms with Crippen molar-refractivity contribution in [2.24, 2.45) is 11.8 Å². The van der Waals surface area contributed by atoms with Gasteiger partial charge in [-0.2, -0.15) is 0 Å². The van der Waals surface area contributed by atoms with Crippen molar-refractivity contribution >= 4 is 17.9 Å². The van der Waals surface area contributed by atoms with Crippen molar-refractivity contribution in [3.63, 3.8) is 0 Å². The van der Waals surface area contributed by atoms with Crippen LogP contribution in [0.4, 0.5) is 0 Å². The van der Waals surface area contributed by atoms with Crippen LogP contribution < -0.4 is 0 Å². The third kappa shape index (κ3) is 14.2.